The number of aromatic nitrogens is 2. The number of alkyl halides is 9. The van der Waals surface area contributed by atoms with Crippen molar-refractivity contribution in [3.05, 3.63) is 95.0 Å². The molecular weight excluding hydrogens is 763 g/mol. The van der Waals surface area contributed by atoms with Gasteiger partial charge >= 0.3 is 36.4 Å². The van der Waals surface area contributed by atoms with E-state index in [9.17, 15) is 44.3 Å². The number of carbonyl (C=O) groups is 4. The van der Waals surface area contributed by atoms with Gasteiger partial charge in [-0.25, -0.2) is 14.4 Å². The van der Waals surface area contributed by atoms with E-state index in [2.05, 4.69) is 14.9 Å². The van der Waals surface area contributed by atoms with Crippen LogP contribution in [0.5, 0.6) is 0 Å². The lowest BCUT2D eigenvalue weighted by atomic mass is 9.83. The molecule has 2 atom stereocenters. The largest absolute Gasteiger partial charge is 0.490 e. The molecule has 2 aromatic heterocycles. The summed E-state index contributed by atoms with van der Waals surface area (Å²) in [5.74, 6) is -8.34. The Balaban J connectivity index is 0.000000379. The maximum Gasteiger partial charge on any atom is 0.490 e. The Labute approximate surface area is 298 Å². The molecule has 0 radical (unpaired) electrons. The number of carboxylic acids is 3. The summed E-state index contributed by atoms with van der Waals surface area (Å²) in [7, 11) is 0. The summed E-state index contributed by atoms with van der Waals surface area (Å²) in [6.45, 7) is 3.52. The van der Waals surface area contributed by atoms with Gasteiger partial charge in [0.2, 0.25) is 0 Å². The van der Waals surface area contributed by atoms with Crippen LogP contribution in [0, 0.1) is 0 Å². The molecule has 1 amide bonds. The molecule has 3 aromatic rings. The Hall–Kier alpha value is -5.02. The number of likely N-dealkylation sites (tertiary alicyclic amines) is 1. The number of aliphatic carboxylic acids is 3. The molecule has 5 rings (SSSR count). The molecule has 53 heavy (non-hydrogen) atoms. The number of carbonyl (C=O) groups excluding carboxylic acids is 1. The van der Waals surface area contributed by atoms with Crippen LogP contribution in [0.3, 0.4) is 0 Å². The third-order valence-electron chi connectivity index (χ3n) is 7.12. The van der Waals surface area contributed by atoms with E-state index in [1.807, 2.05) is 59.6 Å². The molecule has 2 saturated heterocycles. The molecule has 1 spiro atoms. The highest BCUT2D eigenvalue weighted by Crippen LogP contribution is 2.42. The van der Waals surface area contributed by atoms with E-state index in [-0.39, 0.29) is 11.8 Å². The van der Waals surface area contributed by atoms with Crippen LogP contribution in [-0.2, 0) is 37.0 Å². The average Bonchev–Trinajstić information content (AvgIpc) is 3.43. The van der Waals surface area contributed by atoms with Crippen molar-refractivity contribution in [2.75, 3.05) is 26.2 Å². The van der Waals surface area contributed by atoms with Gasteiger partial charge in [0.15, 0.2) is 5.60 Å². The molecule has 2 fully saturated rings. The minimum atomic E-state index is -5.08. The van der Waals surface area contributed by atoms with Crippen molar-refractivity contribution in [3.8, 4) is 0 Å². The number of amides is 1. The van der Waals surface area contributed by atoms with E-state index in [1.165, 1.54) is 0 Å². The number of ether oxygens (including phenoxy) is 1. The van der Waals surface area contributed by atoms with Gasteiger partial charge < -0.3 is 25.0 Å². The molecule has 0 aliphatic carbocycles. The third kappa shape index (κ3) is 13.5. The summed E-state index contributed by atoms with van der Waals surface area (Å²) in [4.78, 5) is 53.2. The van der Waals surface area contributed by atoms with Crippen LogP contribution in [0.25, 0.3) is 0 Å². The van der Waals surface area contributed by atoms with Gasteiger partial charge in [0.05, 0.1) is 6.61 Å². The van der Waals surface area contributed by atoms with Crippen molar-refractivity contribution in [1.82, 2.24) is 19.8 Å². The van der Waals surface area contributed by atoms with Crippen molar-refractivity contribution in [3.63, 3.8) is 0 Å². The zero-order chi connectivity index (χ0) is 40.2. The van der Waals surface area contributed by atoms with Crippen molar-refractivity contribution in [1.29, 1.82) is 0 Å². The lowest BCUT2D eigenvalue weighted by Crippen LogP contribution is -2.59. The first-order valence-corrected chi connectivity index (χ1v) is 14.9. The Bertz CT molecular complexity index is 1630. The second-order valence-corrected chi connectivity index (χ2v) is 11.2. The molecule has 0 saturated carbocycles. The first-order chi connectivity index (χ1) is 24.5. The molecule has 12 nitrogen and oxygen atoms in total. The highest BCUT2D eigenvalue weighted by molar-refractivity contribution is 6.31. The second-order valence-electron chi connectivity index (χ2n) is 10.8. The Morgan fingerprint density at radius 3 is 1.79 bits per heavy atom. The van der Waals surface area contributed by atoms with E-state index in [0.717, 1.165) is 21.7 Å². The van der Waals surface area contributed by atoms with Gasteiger partial charge in [0.1, 0.15) is 0 Å². The van der Waals surface area contributed by atoms with Gasteiger partial charge in [0.25, 0.3) is 5.91 Å². The molecule has 1 aromatic carbocycles. The standard InChI is InChI=1S/C25H25ClN4O2.3C2HF3O2/c26-23-6-2-1-4-21(23)16-29-17-22(20-5-3-9-28-14-20)25(18-29)24(31)30(12-13-32-25)15-19-7-10-27-11-8-19;3*3-2(4,5)1(6)7/h1-11,14,22H,12-13,15-18H2;3*(H,6,7). The summed E-state index contributed by atoms with van der Waals surface area (Å²) < 4.78 is 102. The quantitative estimate of drug-likeness (QED) is 0.282. The summed E-state index contributed by atoms with van der Waals surface area (Å²) >= 11 is 6.43. The van der Waals surface area contributed by atoms with Crippen molar-refractivity contribution in [2.45, 2.75) is 43.1 Å². The van der Waals surface area contributed by atoms with Crippen molar-refractivity contribution >= 4 is 35.4 Å². The van der Waals surface area contributed by atoms with Gasteiger partial charge in [-0.2, -0.15) is 39.5 Å². The maximum atomic E-state index is 13.9. The molecule has 0 bridgehead atoms. The fourth-order valence-electron chi connectivity index (χ4n) is 4.85. The highest BCUT2D eigenvalue weighted by Gasteiger charge is 2.57. The van der Waals surface area contributed by atoms with Gasteiger partial charge in [-0.15, -0.1) is 0 Å². The number of rotatable bonds is 5. The molecule has 2 aliphatic heterocycles. The number of morpholine rings is 1. The predicted molar refractivity (Wildman–Crippen MR) is 163 cm³/mol. The van der Waals surface area contributed by atoms with Crippen LogP contribution in [0.2, 0.25) is 5.02 Å². The average molecular weight is 791 g/mol. The summed E-state index contributed by atoms with van der Waals surface area (Å²) in [6, 6.07) is 15.7. The maximum absolute atomic E-state index is 13.9. The lowest BCUT2D eigenvalue weighted by molar-refractivity contribution is -0.193. The molecule has 290 valence electrons. The summed E-state index contributed by atoms with van der Waals surface area (Å²) in [5.41, 5.74) is 2.20. The Kier molecular flexibility index (Phi) is 15.5. The monoisotopic (exact) mass is 790 g/mol. The molecule has 4 heterocycles. The van der Waals surface area contributed by atoms with Gasteiger partial charge in [-0.3, -0.25) is 19.7 Å². The van der Waals surface area contributed by atoms with Crippen molar-refractivity contribution in [2.24, 2.45) is 0 Å². The number of nitrogens with zero attached hydrogens (tertiary/aromatic N) is 4. The molecular formula is C31H28ClF9N4O8. The van der Waals surface area contributed by atoms with Crippen LogP contribution in [0.15, 0.2) is 73.3 Å². The molecule has 2 aliphatic rings. The topological polar surface area (TPSA) is 170 Å². The highest BCUT2D eigenvalue weighted by atomic mass is 35.5. The first kappa shape index (κ1) is 44.1. The van der Waals surface area contributed by atoms with Crippen LogP contribution in [-0.4, -0.2) is 109 Å². The third-order valence-corrected chi connectivity index (χ3v) is 7.49. The number of carboxylic acid groups (broad SMARTS) is 3. The molecule has 3 N–H and O–H groups in total. The number of hydrogen-bond acceptors (Lipinski definition) is 8. The number of hydrogen-bond donors (Lipinski definition) is 3. The van der Waals surface area contributed by atoms with E-state index in [1.54, 1.807) is 18.6 Å². The van der Waals surface area contributed by atoms with Crippen LogP contribution >= 0.6 is 11.6 Å². The Morgan fingerprint density at radius 1 is 0.792 bits per heavy atom. The van der Waals surface area contributed by atoms with E-state index >= 15 is 0 Å². The summed E-state index contributed by atoms with van der Waals surface area (Å²) in [5, 5.41) is 22.1. The molecule has 2 unspecified atom stereocenters. The number of pyridine rings is 2. The minimum Gasteiger partial charge on any atom is -0.475 e. The van der Waals surface area contributed by atoms with E-state index < -0.39 is 42.0 Å². The SMILES string of the molecule is O=C(O)C(F)(F)F.O=C(O)C(F)(F)F.O=C(O)C(F)(F)F.O=C1N(Cc2ccncc2)CCOC12CN(Cc1ccccc1Cl)CC2c1cccnc1. The van der Waals surface area contributed by atoms with E-state index in [4.69, 9.17) is 46.0 Å². The van der Waals surface area contributed by atoms with Crippen LogP contribution < -0.4 is 0 Å². The van der Waals surface area contributed by atoms with Crippen LogP contribution in [0.4, 0.5) is 39.5 Å². The Morgan fingerprint density at radius 2 is 1.32 bits per heavy atom. The zero-order valence-corrected chi connectivity index (χ0v) is 27.5. The van der Waals surface area contributed by atoms with Gasteiger partial charge in [-0.1, -0.05) is 35.9 Å². The van der Waals surface area contributed by atoms with Crippen LogP contribution in [0.1, 0.15) is 22.6 Å². The predicted octanol–water partition coefficient (Wildman–Crippen LogP) is 5.43. The first-order valence-electron chi connectivity index (χ1n) is 14.6. The number of benzene rings is 1. The number of halogens is 10. The zero-order valence-electron chi connectivity index (χ0n) is 26.7. The smallest absolute Gasteiger partial charge is 0.475 e. The normalized spacial score (nSPS) is 18.8. The van der Waals surface area contributed by atoms with E-state index in [0.29, 0.717) is 39.3 Å². The summed E-state index contributed by atoms with van der Waals surface area (Å²) in [6.07, 6.45) is -8.12. The van der Waals surface area contributed by atoms with Gasteiger partial charge in [-0.05, 0) is 41.0 Å². The van der Waals surface area contributed by atoms with Crippen molar-refractivity contribution < 1.29 is 78.7 Å². The fourth-order valence-corrected chi connectivity index (χ4v) is 5.04. The lowest BCUT2D eigenvalue weighted by Gasteiger charge is -2.42. The minimum absolute atomic E-state index is 0.0380. The fraction of sp³-hybridized carbons (Fsp3) is 0.355. The second kappa shape index (κ2) is 18.6. The molecule has 22 heteroatoms. The van der Waals surface area contributed by atoms with Gasteiger partial charge in [0, 0.05) is 68.5 Å².